The Morgan fingerprint density at radius 1 is 1.53 bits per heavy atom. The largest absolute Gasteiger partial charge is 0.384 e. The maximum Gasteiger partial charge on any atom is 0.158 e. The van der Waals surface area contributed by atoms with Crippen LogP contribution in [0, 0.1) is 5.92 Å². The van der Waals surface area contributed by atoms with E-state index in [4.69, 9.17) is 10.5 Å². The van der Waals surface area contributed by atoms with Gasteiger partial charge >= 0.3 is 0 Å². The van der Waals surface area contributed by atoms with Crippen molar-refractivity contribution in [1.29, 1.82) is 0 Å². The molecule has 0 saturated carbocycles. The summed E-state index contributed by atoms with van der Waals surface area (Å²) in [6, 6.07) is 1.77. The molecule has 0 amide bonds. The van der Waals surface area contributed by atoms with Gasteiger partial charge in [-0.1, -0.05) is 0 Å². The lowest BCUT2D eigenvalue weighted by atomic mass is 9.98. The van der Waals surface area contributed by atoms with Crippen molar-refractivity contribution in [1.82, 2.24) is 14.9 Å². The molecular weight excluding hydrogens is 242 g/mol. The van der Waals surface area contributed by atoms with Crippen LogP contribution in [0.3, 0.4) is 0 Å². The molecule has 0 spiro atoms. The van der Waals surface area contributed by atoms with Crippen molar-refractivity contribution in [3.05, 3.63) is 11.9 Å². The standard InChI is InChI=1S/C13H23N5O/c1-18-5-3-4-10(8-18)7-15-12-6-11(14)16-13(17-12)9-19-2/h6,10H,3-5,7-9H2,1-2H3,(H3,14,15,16,17). The molecule has 1 fully saturated rings. The van der Waals surface area contributed by atoms with Gasteiger partial charge in [-0.15, -0.1) is 0 Å². The predicted molar refractivity (Wildman–Crippen MR) is 75.9 cm³/mol. The van der Waals surface area contributed by atoms with Gasteiger partial charge in [-0.25, -0.2) is 9.97 Å². The Kier molecular flexibility index (Phi) is 4.93. The first-order chi connectivity index (χ1) is 9.17. The van der Waals surface area contributed by atoms with Crippen LogP contribution in [0.2, 0.25) is 0 Å². The van der Waals surface area contributed by atoms with Gasteiger partial charge < -0.3 is 20.7 Å². The van der Waals surface area contributed by atoms with Gasteiger partial charge in [0.1, 0.15) is 18.2 Å². The van der Waals surface area contributed by atoms with Crippen molar-refractivity contribution in [3.8, 4) is 0 Å². The molecule has 1 aromatic heterocycles. The fraction of sp³-hybridized carbons (Fsp3) is 0.692. The number of hydrogen-bond donors (Lipinski definition) is 2. The second-order valence-electron chi connectivity index (χ2n) is 5.18. The van der Waals surface area contributed by atoms with E-state index < -0.39 is 0 Å². The number of likely N-dealkylation sites (tertiary alicyclic amines) is 1. The molecule has 3 N–H and O–H groups in total. The van der Waals surface area contributed by atoms with Crippen LogP contribution in [0.15, 0.2) is 6.07 Å². The van der Waals surface area contributed by atoms with Gasteiger partial charge in [-0.3, -0.25) is 0 Å². The van der Waals surface area contributed by atoms with Gasteiger partial charge in [-0.05, 0) is 32.4 Å². The molecule has 1 saturated heterocycles. The van der Waals surface area contributed by atoms with Gasteiger partial charge in [0.05, 0.1) is 0 Å². The molecule has 106 valence electrons. The summed E-state index contributed by atoms with van der Waals surface area (Å²) in [7, 11) is 3.79. The number of piperidine rings is 1. The quantitative estimate of drug-likeness (QED) is 0.826. The number of anilines is 2. The third kappa shape index (κ3) is 4.33. The number of nitrogens with two attached hydrogens (primary N) is 1. The highest BCUT2D eigenvalue weighted by molar-refractivity contribution is 5.44. The van der Waals surface area contributed by atoms with Gasteiger partial charge in [0.25, 0.3) is 0 Å². The van der Waals surface area contributed by atoms with Gasteiger partial charge in [0.15, 0.2) is 5.82 Å². The molecule has 6 nitrogen and oxygen atoms in total. The number of nitrogen functional groups attached to an aromatic ring is 1. The average Bonchev–Trinajstić information content (AvgIpc) is 2.36. The number of nitrogens with zero attached hydrogens (tertiary/aromatic N) is 3. The summed E-state index contributed by atoms with van der Waals surface area (Å²) in [5, 5.41) is 3.36. The van der Waals surface area contributed by atoms with E-state index in [0.29, 0.717) is 24.2 Å². The fourth-order valence-electron chi connectivity index (χ4n) is 2.49. The predicted octanol–water partition coefficient (Wildman–Crippen LogP) is 0.959. The smallest absolute Gasteiger partial charge is 0.158 e. The summed E-state index contributed by atoms with van der Waals surface area (Å²) in [4.78, 5) is 10.9. The fourth-order valence-corrected chi connectivity index (χ4v) is 2.49. The zero-order chi connectivity index (χ0) is 13.7. The number of aromatic nitrogens is 2. The minimum Gasteiger partial charge on any atom is -0.384 e. The zero-order valence-corrected chi connectivity index (χ0v) is 11.7. The molecule has 0 radical (unpaired) electrons. The summed E-state index contributed by atoms with van der Waals surface area (Å²) in [6.45, 7) is 3.65. The maximum atomic E-state index is 5.77. The molecule has 1 aliphatic heterocycles. The van der Waals surface area contributed by atoms with Crippen molar-refractivity contribution in [2.24, 2.45) is 5.92 Å². The molecule has 0 bridgehead atoms. The molecule has 1 unspecified atom stereocenters. The van der Waals surface area contributed by atoms with Crippen LogP contribution >= 0.6 is 0 Å². The van der Waals surface area contributed by atoms with E-state index in [-0.39, 0.29) is 0 Å². The molecule has 1 atom stereocenters. The van der Waals surface area contributed by atoms with Crippen LogP contribution in [0.1, 0.15) is 18.7 Å². The summed E-state index contributed by atoms with van der Waals surface area (Å²) < 4.78 is 5.03. The van der Waals surface area contributed by atoms with Gasteiger partial charge in [-0.2, -0.15) is 0 Å². The van der Waals surface area contributed by atoms with Crippen LogP contribution in [-0.4, -0.2) is 48.7 Å². The molecule has 19 heavy (non-hydrogen) atoms. The van der Waals surface area contributed by atoms with Gasteiger partial charge in [0, 0.05) is 26.3 Å². The number of nitrogens with one attached hydrogen (secondary N) is 1. The SMILES string of the molecule is COCc1nc(N)cc(NCC2CCCN(C)C2)n1. The van der Waals surface area contributed by atoms with E-state index in [1.165, 1.54) is 19.4 Å². The van der Waals surface area contributed by atoms with Crippen LogP contribution < -0.4 is 11.1 Å². The van der Waals surface area contributed by atoms with E-state index in [1.54, 1.807) is 13.2 Å². The summed E-state index contributed by atoms with van der Waals surface area (Å²) in [6.07, 6.45) is 2.53. The first kappa shape index (κ1) is 14.0. The van der Waals surface area contributed by atoms with E-state index in [2.05, 4.69) is 27.2 Å². The average molecular weight is 265 g/mol. The van der Waals surface area contributed by atoms with Crippen molar-refractivity contribution in [2.45, 2.75) is 19.4 Å². The molecule has 2 rings (SSSR count). The highest BCUT2D eigenvalue weighted by Crippen LogP contribution is 2.16. The number of hydrogen-bond acceptors (Lipinski definition) is 6. The maximum absolute atomic E-state index is 5.77. The number of rotatable bonds is 5. The summed E-state index contributed by atoms with van der Waals surface area (Å²) >= 11 is 0. The van der Waals surface area contributed by atoms with Crippen LogP contribution in [0.5, 0.6) is 0 Å². The van der Waals surface area contributed by atoms with Crippen molar-refractivity contribution >= 4 is 11.6 Å². The summed E-state index contributed by atoms with van der Waals surface area (Å²) in [5.74, 6) is 2.55. The van der Waals surface area contributed by atoms with Crippen LogP contribution in [0.25, 0.3) is 0 Å². The molecule has 1 aromatic rings. The lowest BCUT2D eigenvalue weighted by molar-refractivity contribution is 0.178. The van der Waals surface area contributed by atoms with E-state index in [9.17, 15) is 0 Å². The molecule has 0 aromatic carbocycles. The second-order valence-corrected chi connectivity index (χ2v) is 5.18. The van der Waals surface area contributed by atoms with Gasteiger partial charge in [0.2, 0.25) is 0 Å². The zero-order valence-electron chi connectivity index (χ0n) is 11.7. The van der Waals surface area contributed by atoms with E-state index in [0.717, 1.165) is 18.9 Å². The lowest BCUT2D eigenvalue weighted by Crippen LogP contribution is -2.35. The molecular formula is C13H23N5O. The lowest BCUT2D eigenvalue weighted by Gasteiger charge is -2.29. The monoisotopic (exact) mass is 265 g/mol. The normalized spacial score (nSPS) is 20.4. The first-order valence-corrected chi connectivity index (χ1v) is 6.72. The number of methoxy groups -OCH3 is 1. The Hall–Kier alpha value is -1.40. The minimum absolute atomic E-state index is 0.381. The Labute approximate surface area is 114 Å². The third-order valence-corrected chi connectivity index (χ3v) is 3.36. The number of ether oxygens (including phenoxy) is 1. The Balaban J connectivity index is 1.91. The van der Waals surface area contributed by atoms with E-state index in [1.807, 2.05) is 0 Å². The molecule has 6 heteroatoms. The van der Waals surface area contributed by atoms with Crippen molar-refractivity contribution < 1.29 is 4.74 Å². The van der Waals surface area contributed by atoms with Crippen LogP contribution in [0.4, 0.5) is 11.6 Å². The Morgan fingerprint density at radius 3 is 3.11 bits per heavy atom. The van der Waals surface area contributed by atoms with E-state index >= 15 is 0 Å². The highest BCUT2D eigenvalue weighted by atomic mass is 16.5. The molecule has 2 heterocycles. The molecule has 0 aliphatic carbocycles. The second kappa shape index (κ2) is 6.68. The minimum atomic E-state index is 0.381. The molecule has 1 aliphatic rings. The first-order valence-electron chi connectivity index (χ1n) is 6.72. The van der Waals surface area contributed by atoms with Crippen molar-refractivity contribution in [3.63, 3.8) is 0 Å². The third-order valence-electron chi connectivity index (χ3n) is 3.36. The Morgan fingerprint density at radius 2 is 2.37 bits per heavy atom. The Bertz CT molecular complexity index is 412. The van der Waals surface area contributed by atoms with Crippen LogP contribution in [-0.2, 0) is 11.3 Å². The topological polar surface area (TPSA) is 76.3 Å². The summed E-state index contributed by atoms with van der Waals surface area (Å²) in [5.41, 5.74) is 5.77. The highest BCUT2D eigenvalue weighted by Gasteiger charge is 2.17. The van der Waals surface area contributed by atoms with Crippen molar-refractivity contribution in [2.75, 3.05) is 44.8 Å².